The van der Waals surface area contributed by atoms with Crippen LogP contribution in [0.2, 0.25) is 0 Å². The molecule has 0 spiro atoms. The second kappa shape index (κ2) is 4.25. The van der Waals surface area contributed by atoms with Crippen molar-refractivity contribution < 1.29 is 5.11 Å². The summed E-state index contributed by atoms with van der Waals surface area (Å²) in [5.74, 6) is 0. The lowest BCUT2D eigenvalue weighted by atomic mass is 9.75. The summed E-state index contributed by atoms with van der Waals surface area (Å²) in [6.07, 6.45) is 3.08. The Labute approximate surface area is 95.5 Å². The van der Waals surface area contributed by atoms with Crippen LogP contribution in [0.4, 0.5) is 0 Å². The molecule has 1 aliphatic rings. The van der Waals surface area contributed by atoms with E-state index in [1.54, 1.807) is 12.1 Å². The molecule has 2 rings (SSSR count). The fourth-order valence-corrected chi connectivity index (χ4v) is 2.39. The van der Waals surface area contributed by atoms with Gasteiger partial charge in [0.2, 0.25) is 0 Å². The van der Waals surface area contributed by atoms with Gasteiger partial charge in [-0.2, -0.15) is 5.26 Å². The van der Waals surface area contributed by atoms with Gasteiger partial charge in [0.25, 0.3) is 0 Å². The van der Waals surface area contributed by atoms with E-state index < -0.39 is 11.6 Å². The first-order chi connectivity index (χ1) is 7.66. The Bertz CT molecular complexity index is 424. The fourth-order valence-electron chi connectivity index (χ4n) is 2.39. The molecule has 3 nitrogen and oxygen atoms in total. The zero-order valence-electron chi connectivity index (χ0n) is 9.19. The molecule has 1 aliphatic carbocycles. The summed E-state index contributed by atoms with van der Waals surface area (Å²) in [5.41, 5.74) is 7.08. The molecule has 0 heterocycles. The van der Waals surface area contributed by atoms with Crippen molar-refractivity contribution in [2.24, 2.45) is 5.73 Å². The van der Waals surface area contributed by atoms with Gasteiger partial charge < -0.3 is 10.8 Å². The number of nitrogens with zero attached hydrogens (tertiary/aromatic N) is 1. The highest BCUT2D eigenvalue weighted by molar-refractivity contribution is 5.37. The van der Waals surface area contributed by atoms with Crippen molar-refractivity contribution in [3.05, 3.63) is 35.4 Å². The van der Waals surface area contributed by atoms with Crippen LogP contribution in [0.3, 0.4) is 0 Å². The van der Waals surface area contributed by atoms with Gasteiger partial charge in [0.15, 0.2) is 0 Å². The van der Waals surface area contributed by atoms with Crippen molar-refractivity contribution in [1.82, 2.24) is 0 Å². The lowest BCUT2D eigenvalue weighted by molar-refractivity contribution is 0.0450. The Hall–Kier alpha value is -1.37. The highest BCUT2D eigenvalue weighted by atomic mass is 16.3. The summed E-state index contributed by atoms with van der Waals surface area (Å²) in [7, 11) is 0. The third-order valence-corrected chi connectivity index (χ3v) is 3.44. The monoisotopic (exact) mass is 216 g/mol. The van der Waals surface area contributed by atoms with E-state index >= 15 is 0 Å². The van der Waals surface area contributed by atoms with Gasteiger partial charge in [-0.1, -0.05) is 25.0 Å². The van der Waals surface area contributed by atoms with E-state index in [0.717, 1.165) is 31.2 Å². The molecular weight excluding hydrogens is 200 g/mol. The van der Waals surface area contributed by atoms with Crippen LogP contribution in [-0.4, -0.2) is 11.2 Å². The molecule has 3 heteroatoms. The lowest BCUT2D eigenvalue weighted by Crippen LogP contribution is -2.49. The minimum Gasteiger partial charge on any atom is -0.391 e. The number of nitrogens with two attached hydrogens (primary N) is 1. The van der Waals surface area contributed by atoms with Crippen LogP contribution in [0.15, 0.2) is 24.3 Å². The number of aliphatic hydroxyl groups excluding tert-OH is 1. The van der Waals surface area contributed by atoms with Crippen molar-refractivity contribution in [2.75, 3.05) is 0 Å². The number of rotatable bonds is 1. The predicted molar refractivity (Wildman–Crippen MR) is 61.5 cm³/mol. The molecule has 0 amide bonds. The Morgan fingerprint density at radius 1 is 1.44 bits per heavy atom. The molecule has 2 unspecified atom stereocenters. The molecule has 1 saturated carbocycles. The minimum absolute atomic E-state index is 0.504. The van der Waals surface area contributed by atoms with Crippen LogP contribution in [0.25, 0.3) is 0 Å². The smallest absolute Gasteiger partial charge is 0.0991 e. The van der Waals surface area contributed by atoms with Gasteiger partial charge in [-0.3, -0.25) is 0 Å². The molecule has 0 saturated heterocycles. The quantitative estimate of drug-likeness (QED) is 0.749. The maximum Gasteiger partial charge on any atom is 0.0991 e. The third kappa shape index (κ3) is 1.82. The zero-order valence-corrected chi connectivity index (χ0v) is 9.19. The van der Waals surface area contributed by atoms with Crippen LogP contribution < -0.4 is 5.73 Å². The summed E-state index contributed by atoms with van der Waals surface area (Å²) in [6, 6.07) is 9.36. The largest absolute Gasteiger partial charge is 0.391 e. The van der Waals surface area contributed by atoms with Crippen molar-refractivity contribution >= 4 is 0 Å². The first-order valence-corrected chi connectivity index (χ1v) is 5.64. The maximum absolute atomic E-state index is 10.0. The summed E-state index contributed by atoms with van der Waals surface area (Å²) in [4.78, 5) is 0. The lowest BCUT2D eigenvalue weighted by Gasteiger charge is -2.38. The highest BCUT2D eigenvalue weighted by Crippen LogP contribution is 2.35. The molecule has 16 heavy (non-hydrogen) atoms. The summed E-state index contributed by atoms with van der Waals surface area (Å²) < 4.78 is 0. The van der Waals surface area contributed by atoms with Gasteiger partial charge in [0.05, 0.1) is 23.3 Å². The summed E-state index contributed by atoms with van der Waals surface area (Å²) >= 11 is 0. The Morgan fingerprint density at radius 2 is 2.25 bits per heavy atom. The number of hydrogen-bond donors (Lipinski definition) is 2. The van der Waals surface area contributed by atoms with Gasteiger partial charge in [0.1, 0.15) is 0 Å². The number of hydrogen-bond acceptors (Lipinski definition) is 3. The molecule has 1 aromatic carbocycles. The molecule has 0 radical (unpaired) electrons. The van der Waals surface area contributed by atoms with E-state index in [4.69, 9.17) is 11.0 Å². The molecule has 3 N–H and O–H groups in total. The van der Waals surface area contributed by atoms with Gasteiger partial charge in [-0.15, -0.1) is 0 Å². The van der Waals surface area contributed by atoms with Gasteiger partial charge in [0, 0.05) is 0 Å². The maximum atomic E-state index is 10.0. The SMILES string of the molecule is N#Cc1cccc(C2(N)CCCCC2O)c1. The second-order valence-electron chi connectivity index (χ2n) is 4.49. The first kappa shape index (κ1) is 11.1. The molecule has 2 atom stereocenters. The average molecular weight is 216 g/mol. The summed E-state index contributed by atoms with van der Waals surface area (Å²) in [5, 5.41) is 18.9. The van der Waals surface area contributed by atoms with Crippen molar-refractivity contribution in [3.8, 4) is 6.07 Å². The third-order valence-electron chi connectivity index (χ3n) is 3.44. The molecular formula is C13H16N2O. The Kier molecular flexibility index (Phi) is 2.95. The van der Waals surface area contributed by atoms with E-state index in [1.807, 2.05) is 12.1 Å². The van der Waals surface area contributed by atoms with Crippen molar-refractivity contribution in [2.45, 2.75) is 37.3 Å². The molecule has 0 aliphatic heterocycles. The summed E-state index contributed by atoms with van der Waals surface area (Å²) in [6.45, 7) is 0. The van der Waals surface area contributed by atoms with E-state index in [0.29, 0.717) is 5.56 Å². The highest BCUT2D eigenvalue weighted by Gasteiger charge is 2.37. The fraction of sp³-hybridized carbons (Fsp3) is 0.462. The molecule has 0 aromatic heterocycles. The molecule has 84 valence electrons. The predicted octanol–water partition coefficient (Wildman–Crippen LogP) is 1.65. The van der Waals surface area contributed by atoms with E-state index in [2.05, 4.69) is 6.07 Å². The second-order valence-corrected chi connectivity index (χ2v) is 4.49. The van der Waals surface area contributed by atoms with Gasteiger partial charge >= 0.3 is 0 Å². The van der Waals surface area contributed by atoms with Crippen LogP contribution in [0, 0.1) is 11.3 Å². The Morgan fingerprint density at radius 3 is 2.94 bits per heavy atom. The number of nitriles is 1. The van der Waals surface area contributed by atoms with E-state index in [1.165, 1.54) is 0 Å². The van der Waals surface area contributed by atoms with E-state index in [-0.39, 0.29) is 0 Å². The minimum atomic E-state index is -0.675. The molecule has 0 bridgehead atoms. The van der Waals surface area contributed by atoms with Crippen LogP contribution in [-0.2, 0) is 5.54 Å². The van der Waals surface area contributed by atoms with Gasteiger partial charge in [-0.25, -0.2) is 0 Å². The number of aliphatic hydroxyl groups is 1. The molecule has 1 fully saturated rings. The number of benzene rings is 1. The zero-order chi connectivity index (χ0) is 11.6. The Balaban J connectivity index is 2.38. The van der Waals surface area contributed by atoms with Gasteiger partial charge in [-0.05, 0) is 30.5 Å². The first-order valence-electron chi connectivity index (χ1n) is 5.64. The van der Waals surface area contributed by atoms with Crippen LogP contribution >= 0.6 is 0 Å². The normalized spacial score (nSPS) is 29.7. The average Bonchev–Trinajstić information content (AvgIpc) is 2.33. The van der Waals surface area contributed by atoms with E-state index in [9.17, 15) is 5.11 Å². The van der Waals surface area contributed by atoms with Crippen LogP contribution in [0.5, 0.6) is 0 Å². The van der Waals surface area contributed by atoms with Crippen LogP contribution in [0.1, 0.15) is 36.8 Å². The topological polar surface area (TPSA) is 70.0 Å². The van der Waals surface area contributed by atoms with Crippen molar-refractivity contribution in [3.63, 3.8) is 0 Å². The standard InChI is InChI=1S/C13H16N2O/c14-9-10-4-3-5-11(8-10)13(15)7-2-1-6-12(13)16/h3-5,8,12,16H,1-2,6-7,15H2. The molecule has 1 aromatic rings. The van der Waals surface area contributed by atoms with Crippen molar-refractivity contribution in [1.29, 1.82) is 5.26 Å².